The summed E-state index contributed by atoms with van der Waals surface area (Å²) >= 11 is 2.34. The summed E-state index contributed by atoms with van der Waals surface area (Å²) in [5, 5.41) is 45.9. The number of anilines is 2. The number of nitrogens with zero attached hydrogens (tertiary/aromatic N) is 2. The minimum atomic E-state index is -1.44. The summed E-state index contributed by atoms with van der Waals surface area (Å²) in [4.78, 5) is 22.1. The SMILES string of the molecule is C#CCNc1nc(C)c(C(=O)c2cnc(NC[C@H]3O[C@H](CO)[C@@H](O)[C@H](O)[C@@H]3O)s2)s1. The van der Waals surface area contributed by atoms with Crippen molar-refractivity contribution in [2.45, 2.75) is 37.4 Å². The van der Waals surface area contributed by atoms with Gasteiger partial charge in [-0.15, -0.1) is 6.42 Å². The summed E-state index contributed by atoms with van der Waals surface area (Å²) in [5.74, 6) is 2.24. The molecule has 0 aliphatic carbocycles. The average Bonchev–Trinajstić information content (AvgIpc) is 3.36. The maximum atomic E-state index is 12.8. The molecule has 0 bridgehead atoms. The van der Waals surface area contributed by atoms with E-state index in [1.165, 1.54) is 17.5 Å². The fraction of sp³-hybridized carbons (Fsp3) is 0.500. The molecule has 10 nitrogen and oxygen atoms in total. The molecule has 5 atom stereocenters. The lowest BCUT2D eigenvalue weighted by atomic mass is 9.95. The first kappa shape index (κ1) is 22.6. The van der Waals surface area contributed by atoms with Crippen LogP contribution < -0.4 is 10.6 Å². The molecule has 1 aliphatic heterocycles. The molecule has 1 aliphatic rings. The van der Waals surface area contributed by atoms with E-state index in [9.17, 15) is 25.2 Å². The predicted molar refractivity (Wildman–Crippen MR) is 112 cm³/mol. The molecule has 1 saturated heterocycles. The second kappa shape index (κ2) is 9.80. The van der Waals surface area contributed by atoms with Crippen LogP contribution in [0, 0.1) is 19.3 Å². The number of carbonyl (C=O) groups is 1. The Bertz CT molecular complexity index is 924. The van der Waals surface area contributed by atoms with E-state index < -0.39 is 37.1 Å². The smallest absolute Gasteiger partial charge is 0.216 e. The number of nitrogens with one attached hydrogen (secondary N) is 2. The largest absolute Gasteiger partial charge is 0.394 e. The molecule has 162 valence electrons. The summed E-state index contributed by atoms with van der Waals surface area (Å²) in [6, 6.07) is 0. The van der Waals surface area contributed by atoms with Crippen LogP contribution in [-0.2, 0) is 4.74 Å². The van der Waals surface area contributed by atoms with Crippen molar-refractivity contribution < 1.29 is 30.0 Å². The van der Waals surface area contributed by atoms with E-state index in [4.69, 9.17) is 11.2 Å². The Kier molecular flexibility index (Phi) is 7.37. The van der Waals surface area contributed by atoms with Crippen LogP contribution in [0.2, 0.25) is 0 Å². The minimum Gasteiger partial charge on any atom is -0.394 e. The quantitative estimate of drug-likeness (QED) is 0.226. The maximum absolute atomic E-state index is 12.8. The molecule has 2 aromatic rings. The first-order chi connectivity index (χ1) is 14.3. The number of carbonyl (C=O) groups excluding carboxylic acids is 1. The van der Waals surface area contributed by atoms with Gasteiger partial charge in [-0.25, -0.2) is 9.97 Å². The van der Waals surface area contributed by atoms with Gasteiger partial charge in [0.2, 0.25) is 5.78 Å². The molecule has 0 saturated carbocycles. The van der Waals surface area contributed by atoms with Gasteiger partial charge in [0.1, 0.15) is 35.4 Å². The van der Waals surface area contributed by atoms with Crippen LogP contribution in [0.1, 0.15) is 20.2 Å². The zero-order valence-electron chi connectivity index (χ0n) is 16.0. The highest BCUT2D eigenvalue weighted by molar-refractivity contribution is 7.20. The van der Waals surface area contributed by atoms with Crippen LogP contribution in [0.3, 0.4) is 0 Å². The summed E-state index contributed by atoms with van der Waals surface area (Å²) in [6.07, 6.45) is 0.609. The van der Waals surface area contributed by atoms with Crippen LogP contribution >= 0.6 is 22.7 Å². The number of rotatable bonds is 8. The fourth-order valence-electron chi connectivity index (χ4n) is 2.92. The van der Waals surface area contributed by atoms with Crippen LogP contribution in [0.25, 0.3) is 0 Å². The van der Waals surface area contributed by atoms with Gasteiger partial charge >= 0.3 is 0 Å². The van der Waals surface area contributed by atoms with Crippen LogP contribution in [0.5, 0.6) is 0 Å². The second-order valence-electron chi connectivity index (χ2n) is 6.60. The lowest BCUT2D eigenvalue weighted by Crippen LogP contribution is -2.60. The Labute approximate surface area is 180 Å². The summed E-state index contributed by atoms with van der Waals surface area (Å²) in [5.41, 5.74) is 0.591. The molecule has 30 heavy (non-hydrogen) atoms. The minimum absolute atomic E-state index is 0.0579. The van der Waals surface area contributed by atoms with Gasteiger partial charge in [-0.05, 0) is 6.92 Å². The van der Waals surface area contributed by atoms with Gasteiger partial charge in [0.25, 0.3) is 0 Å². The molecule has 0 spiro atoms. The van der Waals surface area contributed by atoms with E-state index in [1.54, 1.807) is 6.92 Å². The van der Waals surface area contributed by atoms with Crippen molar-refractivity contribution in [3.05, 3.63) is 21.6 Å². The van der Waals surface area contributed by atoms with Crippen molar-refractivity contribution in [2.24, 2.45) is 0 Å². The number of ether oxygens (including phenoxy) is 1. The Morgan fingerprint density at radius 2 is 1.93 bits per heavy atom. The Morgan fingerprint density at radius 3 is 2.63 bits per heavy atom. The molecule has 0 radical (unpaired) electrons. The van der Waals surface area contributed by atoms with Gasteiger partial charge in [-0.2, -0.15) is 0 Å². The maximum Gasteiger partial charge on any atom is 0.216 e. The third-order valence-electron chi connectivity index (χ3n) is 4.52. The van der Waals surface area contributed by atoms with Crippen molar-refractivity contribution in [1.82, 2.24) is 9.97 Å². The Balaban J connectivity index is 1.63. The van der Waals surface area contributed by atoms with E-state index >= 15 is 0 Å². The van der Waals surface area contributed by atoms with Crippen LogP contribution in [0.15, 0.2) is 6.20 Å². The van der Waals surface area contributed by atoms with Crippen molar-refractivity contribution >= 4 is 38.7 Å². The van der Waals surface area contributed by atoms with Gasteiger partial charge < -0.3 is 35.8 Å². The van der Waals surface area contributed by atoms with Crippen molar-refractivity contribution in [3.63, 3.8) is 0 Å². The zero-order valence-corrected chi connectivity index (χ0v) is 17.6. The third kappa shape index (κ3) is 4.79. The number of aliphatic hydroxyl groups is 4. The average molecular weight is 455 g/mol. The molecule has 1 fully saturated rings. The zero-order chi connectivity index (χ0) is 21.8. The molecule has 0 unspecified atom stereocenters. The molecular weight excluding hydrogens is 432 g/mol. The van der Waals surface area contributed by atoms with Gasteiger partial charge in [0.15, 0.2) is 10.3 Å². The molecule has 0 amide bonds. The van der Waals surface area contributed by atoms with Gasteiger partial charge in [-0.1, -0.05) is 28.6 Å². The molecule has 12 heteroatoms. The standard InChI is InChI=1S/C18H22N4O6S2/c1-3-4-19-18-22-8(2)16(30-18)14(26)11-6-21-17(29-11)20-5-9-12(24)15(27)13(25)10(7-23)28-9/h1,6,9-10,12-13,15,23-25,27H,4-5,7H2,2H3,(H,19,22)(H,20,21)/t9-,10-,12-,13-,15-/m1/s1. The number of aliphatic hydroxyl groups excluding tert-OH is 4. The molecule has 6 N–H and O–H groups in total. The number of aromatic nitrogens is 2. The van der Waals surface area contributed by atoms with Crippen molar-refractivity contribution in [1.29, 1.82) is 0 Å². The number of terminal acetylenes is 1. The van der Waals surface area contributed by atoms with E-state index in [-0.39, 0.29) is 12.3 Å². The van der Waals surface area contributed by atoms with Gasteiger partial charge in [0.05, 0.1) is 29.9 Å². The van der Waals surface area contributed by atoms with E-state index in [2.05, 4.69) is 26.5 Å². The topological polar surface area (TPSA) is 157 Å². The first-order valence-corrected chi connectivity index (χ1v) is 10.7. The first-order valence-electron chi connectivity index (χ1n) is 9.05. The summed E-state index contributed by atoms with van der Waals surface area (Å²) < 4.78 is 5.44. The number of aryl methyl sites for hydroxylation is 1. The Morgan fingerprint density at radius 1 is 1.20 bits per heavy atom. The highest BCUT2D eigenvalue weighted by Crippen LogP contribution is 2.29. The molecule has 3 rings (SSSR count). The molecule has 0 aromatic carbocycles. The second-order valence-corrected chi connectivity index (χ2v) is 8.63. The summed E-state index contributed by atoms with van der Waals surface area (Å²) in [7, 11) is 0. The Hall–Kier alpha value is -2.11. The van der Waals surface area contributed by atoms with Crippen molar-refractivity contribution in [2.75, 3.05) is 30.3 Å². The summed E-state index contributed by atoms with van der Waals surface area (Å²) in [6.45, 7) is 1.61. The van der Waals surface area contributed by atoms with Gasteiger partial charge in [-0.3, -0.25) is 4.79 Å². The molecular formula is C18H22N4O6S2. The highest BCUT2D eigenvalue weighted by atomic mass is 32.1. The van der Waals surface area contributed by atoms with Gasteiger partial charge in [0, 0.05) is 6.54 Å². The third-order valence-corrected chi connectivity index (χ3v) is 6.59. The normalized spacial score (nSPS) is 26.2. The number of thiazole rings is 2. The van der Waals surface area contributed by atoms with Crippen LogP contribution in [0.4, 0.5) is 10.3 Å². The molecule has 3 heterocycles. The number of hydrogen-bond donors (Lipinski definition) is 6. The van der Waals surface area contributed by atoms with Crippen molar-refractivity contribution in [3.8, 4) is 12.3 Å². The van der Waals surface area contributed by atoms with E-state index in [1.807, 2.05) is 0 Å². The molecule has 2 aromatic heterocycles. The monoisotopic (exact) mass is 454 g/mol. The number of hydrogen-bond acceptors (Lipinski definition) is 12. The van der Waals surface area contributed by atoms with E-state index in [0.29, 0.717) is 32.3 Å². The lowest BCUT2D eigenvalue weighted by Gasteiger charge is -2.40. The van der Waals surface area contributed by atoms with Crippen LogP contribution in [-0.4, -0.2) is 86.4 Å². The lowest BCUT2D eigenvalue weighted by molar-refractivity contribution is -0.225. The highest BCUT2D eigenvalue weighted by Gasteiger charge is 2.43. The predicted octanol–water partition coefficient (Wildman–Crippen LogP) is -0.562. The fourth-order valence-corrected chi connectivity index (χ4v) is 4.67. The number of ketones is 1. The van der Waals surface area contributed by atoms with E-state index in [0.717, 1.165) is 11.3 Å².